The van der Waals surface area contributed by atoms with Crippen LogP contribution in [-0.2, 0) is 4.79 Å². The highest BCUT2D eigenvalue weighted by Gasteiger charge is 2.25. The standard InChI is InChI=1S/C12H21N3O/c1-9(10-7-13-8-10)12(16)14-5-6-15(2)11-3-4-11/h11,13H,3-8H2,1-2H3,(H,14,16). The molecule has 4 nitrogen and oxygen atoms in total. The van der Waals surface area contributed by atoms with Crippen molar-refractivity contribution in [1.82, 2.24) is 15.5 Å². The van der Waals surface area contributed by atoms with E-state index in [2.05, 4.69) is 22.6 Å². The number of hydrogen-bond donors (Lipinski definition) is 2. The molecule has 1 aliphatic carbocycles. The maximum Gasteiger partial charge on any atom is 0.247 e. The molecule has 0 bridgehead atoms. The molecule has 4 heteroatoms. The fourth-order valence-corrected chi connectivity index (χ4v) is 1.85. The molecule has 2 fully saturated rings. The number of likely N-dealkylation sites (N-methyl/N-ethyl adjacent to an activating group) is 1. The van der Waals surface area contributed by atoms with Crippen LogP contribution in [0.2, 0.25) is 0 Å². The van der Waals surface area contributed by atoms with Gasteiger partial charge in [0.15, 0.2) is 0 Å². The topological polar surface area (TPSA) is 44.4 Å². The summed E-state index contributed by atoms with van der Waals surface area (Å²) in [6.45, 7) is 5.37. The highest BCUT2D eigenvalue weighted by molar-refractivity contribution is 5.93. The zero-order valence-corrected chi connectivity index (χ0v) is 10.2. The molecule has 0 radical (unpaired) electrons. The van der Waals surface area contributed by atoms with Crippen LogP contribution in [-0.4, -0.2) is 50.1 Å². The van der Waals surface area contributed by atoms with Gasteiger partial charge in [-0.3, -0.25) is 4.79 Å². The van der Waals surface area contributed by atoms with Crippen molar-refractivity contribution in [2.24, 2.45) is 0 Å². The third-order valence-corrected chi connectivity index (χ3v) is 3.47. The quantitative estimate of drug-likeness (QED) is 0.651. The molecule has 0 spiro atoms. The Morgan fingerprint density at radius 3 is 2.69 bits per heavy atom. The van der Waals surface area contributed by atoms with Crippen LogP contribution in [0.3, 0.4) is 0 Å². The molecule has 1 heterocycles. The molecule has 90 valence electrons. The second-order valence-corrected chi connectivity index (χ2v) is 4.80. The predicted octanol–water partition coefficient (Wildman–Crippen LogP) is 0.117. The number of rotatable bonds is 5. The molecule has 1 aliphatic heterocycles. The highest BCUT2D eigenvalue weighted by atomic mass is 16.1. The first kappa shape index (κ1) is 11.6. The molecule has 0 aromatic heterocycles. The van der Waals surface area contributed by atoms with Gasteiger partial charge in [0, 0.05) is 37.8 Å². The average molecular weight is 223 g/mol. The Hall–Kier alpha value is -0.870. The molecule has 2 N–H and O–H groups in total. The molecule has 0 aromatic rings. The Labute approximate surface area is 97.1 Å². The molecule has 0 unspecified atom stereocenters. The number of nitrogens with zero attached hydrogens (tertiary/aromatic N) is 1. The average Bonchev–Trinajstić information content (AvgIpc) is 2.97. The van der Waals surface area contributed by atoms with Crippen LogP contribution in [0.25, 0.3) is 0 Å². The van der Waals surface area contributed by atoms with Crippen LogP contribution in [0.4, 0.5) is 0 Å². The first-order valence-corrected chi connectivity index (χ1v) is 6.06. The van der Waals surface area contributed by atoms with Gasteiger partial charge in [-0.25, -0.2) is 0 Å². The number of carbonyl (C=O) groups excluding carboxylic acids is 1. The largest absolute Gasteiger partial charge is 0.351 e. The Morgan fingerprint density at radius 1 is 1.50 bits per heavy atom. The summed E-state index contributed by atoms with van der Waals surface area (Å²) in [5.74, 6) is 0.0979. The summed E-state index contributed by atoms with van der Waals surface area (Å²) in [5, 5.41) is 6.13. The lowest BCUT2D eigenvalue weighted by Crippen LogP contribution is -2.39. The summed E-state index contributed by atoms with van der Waals surface area (Å²) >= 11 is 0. The maximum absolute atomic E-state index is 11.7. The van der Waals surface area contributed by atoms with Crippen molar-refractivity contribution in [2.75, 3.05) is 33.2 Å². The Kier molecular flexibility index (Phi) is 3.61. The van der Waals surface area contributed by atoms with E-state index in [-0.39, 0.29) is 5.91 Å². The van der Waals surface area contributed by atoms with Gasteiger partial charge in [-0.1, -0.05) is 0 Å². The fraction of sp³-hybridized carbons (Fsp3) is 0.750. The second-order valence-electron chi connectivity index (χ2n) is 4.80. The fourth-order valence-electron chi connectivity index (χ4n) is 1.85. The summed E-state index contributed by atoms with van der Waals surface area (Å²) in [6, 6.07) is 0.771. The molecule has 0 aromatic carbocycles. The molecule has 2 aliphatic rings. The van der Waals surface area contributed by atoms with E-state index in [1.54, 1.807) is 0 Å². The van der Waals surface area contributed by atoms with Gasteiger partial charge >= 0.3 is 0 Å². The van der Waals surface area contributed by atoms with Gasteiger partial charge in [-0.05, 0) is 32.4 Å². The van der Waals surface area contributed by atoms with E-state index < -0.39 is 0 Å². The molecule has 1 amide bonds. The van der Waals surface area contributed by atoms with Crippen molar-refractivity contribution in [3.8, 4) is 0 Å². The van der Waals surface area contributed by atoms with Gasteiger partial charge in [0.2, 0.25) is 5.91 Å². The lowest BCUT2D eigenvalue weighted by atomic mass is 10.0. The minimum absolute atomic E-state index is 0.0979. The number of amides is 1. The highest BCUT2D eigenvalue weighted by Crippen LogP contribution is 2.24. The molecular weight excluding hydrogens is 202 g/mol. The predicted molar refractivity (Wildman–Crippen MR) is 64.2 cm³/mol. The van der Waals surface area contributed by atoms with Gasteiger partial charge in [-0.15, -0.1) is 0 Å². The molecule has 1 saturated carbocycles. The third kappa shape index (κ3) is 2.83. The van der Waals surface area contributed by atoms with E-state index in [1.165, 1.54) is 18.4 Å². The van der Waals surface area contributed by atoms with Crippen LogP contribution in [0.5, 0.6) is 0 Å². The van der Waals surface area contributed by atoms with Gasteiger partial charge < -0.3 is 15.5 Å². The normalized spacial score (nSPS) is 19.6. The molecule has 0 atom stereocenters. The van der Waals surface area contributed by atoms with Crippen LogP contribution in [0.15, 0.2) is 11.1 Å². The first-order chi connectivity index (χ1) is 7.68. The minimum atomic E-state index is 0.0979. The Morgan fingerprint density at radius 2 is 2.19 bits per heavy atom. The van der Waals surface area contributed by atoms with Crippen molar-refractivity contribution in [3.05, 3.63) is 11.1 Å². The van der Waals surface area contributed by atoms with Crippen LogP contribution in [0, 0.1) is 0 Å². The number of nitrogens with one attached hydrogen (secondary N) is 2. The summed E-state index contributed by atoms with van der Waals surface area (Å²) in [6.07, 6.45) is 2.64. The molecule has 16 heavy (non-hydrogen) atoms. The van der Waals surface area contributed by atoms with E-state index in [4.69, 9.17) is 0 Å². The Bertz CT molecular complexity index is 301. The van der Waals surface area contributed by atoms with Crippen molar-refractivity contribution in [2.45, 2.75) is 25.8 Å². The van der Waals surface area contributed by atoms with Gasteiger partial charge in [-0.2, -0.15) is 0 Å². The monoisotopic (exact) mass is 223 g/mol. The van der Waals surface area contributed by atoms with Gasteiger partial charge in [0.25, 0.3) is 0 Å². The minimum Gasteiger partial charge on any atom is -0.351 e. The third-order valence-electron chi connectivity index (χ3n) is 3.47. The van der Waals surface area contributed by atoms with Crippen molar-refractivity contribution in [1.29, 1.82) is 0 Å². The summed E-state index contributed by atoms with van der Waals surface area (Å²) in [4.78, 5) is 14.1. The lowest BCUT2D eigenvalue weighted by Gasteiger charge is -2.22. The van der Waals surface area contributed by atoms with Crippen LogP contribution >= 0.6 is 0 Å². The van der Waals surface area contributed by atoms with Crippen LogP contribution in [0.1, 0.15) is 19.8 Å². The molecule has 1 saturated heterocycles. The molecular formula is C12H21N3O. The summed E-state index contributed by atoms with van der Waals surface area (Å²) in [7, 11) is 2.13. The van der Waals surface area contributed by atoms with Crippen molar-refractivity contribution >= 4 is 5.91 Å². The van der Waals surface area contributed by atoms with E-state index in [9.17, 15) is 4.79 Å². The van der Waals surface area contributed by atoms with E-state index in [0.717, 1.165) is 37.8 Å². The zero-order valence-electron chi connectivity index (χ0n) is 10.2. The van der Waals surface area contributed by atoms with Gasteiger partial charge in [0.1, 0.15) is 0 Å². The number of carbonyl (C=O) groups is 1. The van der Waals surface area contributed by atoms with E-state index in [1.807, 2.05) is 6.92 Å². The van der Waals surface area contributed by atoms with Crippen LogP contribution < -0.4 is 10.6 Å². The lowest BCUT2D eigenvalue weighted by molar-refractivity contribution is -0.117. The molecule has 2 rings (SSSR count). The summed E-state index contributed by atoms with van der Waals surface area (Å²) in [5.41, 5.74) is 2.14. The summed E-state index contributed by atoms with van der Waals surface area (Å²) < 4.78 is 0. The smallest absolute Gasteiger partial charge is 0.247 e. The maximum atomic E-state index is 11.7. The van der Waals surface area contributed by atoms with E-state index >= 15 is 0 Å². The number of hydrogen-bond acceptors (Lipinski definition) is 3. The van der Waals surface area contributed by atoms with Crippen molar-refractivity contribution < 1.29 is 4.79 Å². The Balaban J connectivity index is 1.67. The van der Waals surface area contributed by atoms with Gasteiger partial charge in [0.05, 0.1) is 0 Å². The van der Waals surface area contributed by atoms with Crippen molar-refractivity contribution in [3.63, 3.8) is 0 Å². The first-order valence-electron chi connectivity index (χ1n) is 6.06. The second kappa shape index (κ2) is 4.97. The van der Waals surface area contributed by atoms with E-state index in [0.29, 0.717) is 0 Å². The zero-order chi connectivity index (χ0) is 11.5. The SMILES string of the molecule is CC(C(=O)NCCN(C)C1CC1)=C1CNC1.